The van der Waals surface area contributed by atoms with Gasteiger partial charge in [0.15, 0.2) is 0 Å². The number of halogens is 1. The van der Waals surface area contributed by atoms with E-state index < -0.39 is 10.0 Å². The Balaban J connectivity index is 0.00000182. The van der Waals surface area contributed by atoms with Gasteiger partial charge < -0.3 is 5.32 Å². The van der Waals surface area contributed by atoms with Crippen molar-refractivity contribution in [1.29, 1.82) is 0 Å². The number of aromatic nitrogens is 2. The van der Waals surface area contributed by atoms with Crippen LogP contribution in [0.2, 0.25) is 0 Å². The van der Waals surface area contributed by atoms with Crippen LogP contribution >= 0.6 is 12.4 Å². The maximum atomic E-state index is 13.0. The van der Waals surface area contributed by atoms with Crippen molar-refractivity contribution >= 4 is 22.4 Å². The summed E-state index contributed by atoms with van der Waals surface area (Å²) in [6, 6.07) is 8.81. The van der Waals surface area contributed by atoms with Gasteiger partial charge in [0.1, 0.15) is 0 Å². The van der Waals surface area contributed by atoms with Crippen molar-refractivity contribution in [2.45, 2.75) is 24.2 Å². The van der Waals surface area contributed by atoms with E-state index in [1.54, 1.807) is 39.4 Å². The summed E-state index contributed by atoms with van der Waals surface area (Å²) in [7, 11) is -3.44. The lowest BCUT2D eigenvalue weighted by molar-refractivity contribution is 0.166. The van der Waals surface area contributed by atoms with E-state index in [4.69, 9.17) is 0 Å². The topological polar surface area (TPSA) is 67.2 Å². The molecular weight excluding hydrogens is 360 g/mol. The molecule has 0 saturated carbocycles. The highest BCUT2D eigenvalue weighted by atomic mass is 35.5. The number of piperidine rings is 1. The van der Waals surface area contributed by atoms with Gasteiger partial charge in [0.2, 0.25) is 10.0 Å². The van der Waals surface area contributed by atoms with Crippen LogP contribution in [0.15, 0.2) is 47.6 Å². The maximum absolute atomic E-state index is 13.0. The second-order valence-electron chi connectivity index (χ2n) is 6.81. The van der Waals surface area contributed by atoms with Crippen LogP contribution in [0.3, 0.4) is 0 Å². The third-order valence-electron chi connectivity index (χ3n) is 5.20. The summed E-state index contributed by atoms with van der Waals surface area (Å²) in [6.07, 6.45) is 6.66. The molecule has 6 nitrogen and oxygen atoms in total. The molecule has 25 heavy (non-hydrogen) atoms. The minimum Gasteiger partial charge on any atom is -0.316 e. The van der Waals surface area contributed by atoms with Gasteiger partial charge >= 0.3 is 0 Å². The molecule has 0 bridgehead atoms. The first-order valence-corrected chi connectivity index (χ1v) is 9.84. The molecule has 3 heterocycles. The van der Waals surface area contributed by atoms with Crippen LogP contribution < -0.4 is 5.32 Å². The molecule has 1 unspecified atom stereocenters. The van der Waals surface area contributed by atoms with Crippen LogP contribution in [0.1, 0.15) is 19.3 Å². The summed E-state index contributed by atoms with van der Waals surface area (Å²) in [5, 5.41) is 7.55. The van der Waals surface area contributed by atoms with Gasteiger partial charge in [-0.05, 0) is 61.6 Å². The van der Waals surface area contributed by atoms with Gasteiger partial charge in [0.05, 0.1) is 10.6 Å². The Labute approximate surface area is 154 Å². The Morgan fingerprint density at radius 3 is 2.60 bits per heavy atom. The van der Waals surface area contributed by atoms with E-state index >= 15 is 0 Å². The van der Waals surface area contributed by atoms with E-state index in [2.05, 4.69) is 10.4 Å². The summed E-state index contributed by atoms with van der Waals surface area (Å²) >= 11 is 0. The Hall–Kier alpha value is -1.41. The molecule has 2 aromatic rings. The highest BCUT2D eigenvalue weighted by Crippen LogP contribution is 2.37. The first-order chi connectivity index (χ1) is 11.6. The highest BCUT2D eigenvalue weighted by Gasteiger charge is 2.41. The van der Waals surface area contributed by atoms with E-state index in [-0.39, 0.29) is 17.8 Å². The lowest BCUT2D eigenvalue weighted by Gasteiger charge is -2.39. The third kappa shape index (κ3) is 3.46. The summed E-state index contributed by atoms with van der Waals surface area (Å²) in [5.74, 6) is 0. The molecule has 2 fully saturated rings. The molecule has 1 atom stereocenters. The maximum Gasteiger partial charge on any atom is 0.243 e. The highest BCUT2D eigenvalue weighted by molar-refractivity contribution is 7.89. The van der Waals surface area contributed by atoms with Crippen LogP contribution in [-0.4, -0.2) is 48.7 Å². The first-order valence-electron chi connectivity index (χ1n) is 8.40. The summed E-state index contributed by atoms with van der Waals surface area (Å²) in [6.45, 7) is 3.16. The third-order valence-corrected chi connectivity index (χ3v) is 7.06. The predicted octanol–water partition coefficient (Wildman–Crippen LogP) is 2.06. The van der Waals surface area contributed by atoms with E-state index in [1.807, 2.05) is 12.3 Å². The smallest absolute Gasteiger partial charge is 0.243 e. The van der Waals surface area contributed by atoms with E-state index in [1.165, 1.54) is 0 Å². The fourth-order valence-corrected chi connectivity index (χ4v) is 5.44. The fourth-order valence-electron chi connectivity index (χ4n) is 3.85. The molecule has 0 amide bonds. The molecule has 1 spiro atoms. The standard InChI is InChI=1S/C17H22N4O2S.ClH/c22-24(23,20-11-1-7-17(14-20)8-10-18-13-17)16-5-3-15(4-6-16)21-12-2-9-19-21;/h2-6,9,12,18H,1,7-8,10-11,13-14H2;1H. The molecule has 8 heteroatoms. The molecule has 0 aliphatic carbocycles. The average molecular weight is 383 g/mol. The summed E-state index contributed by atoms with van der Waals surface area (Å²) < 4.78 is 29.4. The average Bonchev–Trinajstić information content (AvgIpc) is 3.28. The van der Waals surface area contributed by atoms with Gasteiger partial charge in [-0.25, -0.2) is 13.1 Å². The Kier molecular flexibility index (Phi) is 5.20. The van der Waals surface area contributed by atoms with Gasteiger partial charge in [-0.15, -0.1) is 12.4 Å². The molecule has 4 rings (SSSR count). The second kappa shape index (κ2) is 7.07. The lowest BCUT2D eigenvalue weighted by atomic mass is 9.80. The monoisotopic (exact) mass is 382 g/mol. The summed E-state index contributed by atoms with van der Waals surface area (Å²) in [4.78, 5) is 0.362. The van der Waals surface area contributed by atoms with Crippen LogP contribution in [0.25, 0.3) is 5.69 Å². The van der Waals surface area contributed by atoms with Crippen molar-refractivity contribution < 1.29 is 8.42 Å². The second-order valence-corrected chi connectivity index (χ2v) is 8.75. The number of rotatable bonds is 3. The first kappa shape index (κ1) is 18.4. The van der Waals surface area contributed by atoms with Crippen LogP contribution in [0, 0.1) is 5.41 Å². The quantitative estimate of drug-likeness (QED) is 0.882. The Bertz CT molecular complexity index is 800. The fraction of sp³-hybridized carbons (Fsp3) is 0.471. The molecule has 0 radical (unpaired) electrons. The van der Waals surface area contributed by atoms with E-state index in [0.717, 1.165) is 38.0 Å². The van der Waals surface area contributed by atoms with Crippen molar-refractivity contribution in [3.63, 3.8) is 0 Å². The van der Waals surface area contributed by atoms with Gasteiger partial charge in [-0.3, -0.25) is 0 Å². The van der Waals surface area contributed by atoms with E-state index in [0.29, 0.717) is 18.0 Å². The van der Waals surface area contributed by atoms with Gasteiger partial charge in [0, 0.05) is 32.0 Å². The van der Waals surface area contributed by atoms with Gasteiger partial charge in [0.25, 0.3) is 0 Å². The number of hydrogen-bond acceptors (Lipinski definition) is 4. The molecule has 1 aromatic heterocycles. The van der Waals surface area contributed by atoms with Crippen LogP contribution in [0.5, 0.6) is 0 Å². The largest absolute Gasteiger partial charge is 0.316 e. The van der Waals surface area contributed by atoms with Crippen LogP contribution in [0.4, 0.5) is 0 Å². The molecule has 1 aromatic carbocycles. The van der Waals surface area contributed by atoms with Gasteiger partial charge in [-0.2, -0.15) is 9.40 Å². The Morgan fingerprint density at radius 2 is 1.96 bits per heavy atom. The molecule has 136 valence electrons. The normalized spacial score (nSPS) is 24.3. The molecule has 2 aliphatic heterocycles. The van der Waals surface area contributed by atoms with E-state index in [9.17, 15) is 8.42 Å². The van der Waals surface area contributed by atoms with Crippen LogP contribution in [-0.2, 0) is 10.0 Å². The van der Waals surface area contributed by atoms with Crippen molar-refractivity contribution in [1.82, 2.24) is 19.4 Å². The SMILES string of the molecule is Cl.O=S(=O)(c1ccc(-n2cccn2)cc1)N1CCCC2(CCNC2)C1. The predicted molar refractivity (Wildman–Crippen MR) is 98.7 cm³/mol. The van der Waals surface area contributed by atoms with Crippen molar-refractivity contribution in [2.24, 2.45) is 5.41 Å². The van der Waals surface area contributed by atoms with Crippen molar-refractivity contribution in [3.05, 3.63) is 42.7 Å². The molecule has 2 saturated heterocycles. The minimum absolute atomic E-state index is 0. The zero-order chi connectivity index (χ0) is 16.6. The number of nitrogens with zero attached hydrogens (tertiary/aromatic N) is 3. The number of hydrogen-bond donors (Lipinski definition) is 1. The summed E-state index contributed by atoms with van der Waals surface area (Å²) in [5.41, 5.74) is 0.981. The zero-order valence-electron chi connectivity index (χ0n) is 14.0. The molecule has 2 aliphatic rings. The van der Waals surface area contributed by atoms with Crippen molar-refractivity contribution in [2.75, 3.05) is 26.2 Å². The van der Waals surface area contributed by atoms with Crippen molar-refractivity contribution in [3.8, 4) is 5.69 Å². The zero-order valence-corrected chi connectivity index (χ0v) is 15.6. The Morgan fingerprint density at radius 1 is 1.16 bits per heavy atom. The molecule has 1 N–H and O–H groups in total. The number of sulfonamides is 1. The minimum atomic E-state index is -3.44. The molecular formula is C17H23ClN4O2S. The lowest BCUT2D eigenvalue weighted by Crippen LogP contribution is -2.47. The number of benzene rings is 1. The number of nitrogens with one attached hydrogen (secondary N) is 1. The van der Waals surface area contributed by atoms with Gasteiger partial charge in [-0.1, -0.05) is 0 Å².